The number of carbonyl (C=O) groups excluding carboxylic acids is 1. The highest BCUT2D eigenvalue weighted by atomic mass is 35.5. The van der Waals surface area contributed by atoms with E-state index >= 15 is 0 Å². The number of piperidine rings is 1. The van der Waals surface area contributed by atoms with Crippen LogP contribution in [0.4, 0.5) is 34.8 Å². The average Bonchev–Trinajstić information content (AvgIpc) is 2.83. The number of halogens is 5. The maximum Gasteiger partial charge on any atom is 0.401 e. The molecule has 1 amide bonds. The van der Waals surface area contributed by atoms with Crippen molar-refractivity contribution in [3.63, 3.8) is 0 Å². The first kappa shape index (κ1) is 20.9. The quantitative estimate of drug-likeness (QED) is 0.683. The van der Waals surface area contributed by atoms with Crippen molar-refractivity contribution in [2.45, 2.75) is 25.6 Å². The lowest BCUT2D eigenvalue weighted by Gasteiger charge is -2.34. The third kappa shape index (κ3) is 4.52. The molecule has 3 heterocycles. The largest absolute Gasteiger partial charge is 0.401 e. The van der Waals surface area contributed by atoms with Crippen molar-refractivity contribution in [3.8, 4) is 0 Å². The molecule has 30 heavy (non-hydrogen) atoms. The van der Waals surface area contributed by atoms with Gasteiger partial charge in [-0.25, -0.2) is 9.37 Å². The van der Waals surface area contributed by atoms with E-state index < -0.39 is 24.5 Å². The van der Waals surface area contributed by atoms with E-state index in [0.29, 0.717) is 40.6 Å². The van der Waals surface area contributed by atoms with Crippen LogP contribution < -0.4 is 10.2 Å². The maximum atomic E-state index is 13.8. The fourth-order valence-electron chi connectivity index (χ4n) is 3.94. The number of pyridine rings is 1. The Labute approximate surface area is 175 Å². The smallest absolute Gasteiger partial charge is 0.338 e. The average molecular weight is 443 g/mol. The summed E-state index contributed by atoms with van der Waals surface area (Å²) in [6, 6.07) is 6.34. The molecule has 2 aliphatic heterocycles. The summed E-state index contributed by atoms with van der Waals surface area (Å²) in [6.45, 7) is -0.505. The maximum absolute atomic E-state index is 13.8. The summed E-state index contributed by atoms with van der Waals surface area (Å²) in [4.78, 5) is 20.3. The van der Waals surface area contributed by atoms with E-state index in [-0.39, 0.29) is 25.5 Å². The number of alkyl halides is 3. The molecule has 0 aliphatic carbocycles. The number of amides is 1. The third-order valence-electron chi connectivity index (χ3n) is 5.37. The molecule has 5 nitrogen and oxygen atoms in total. The van der Waals surface area contributed by atoms with E-state index in [1.54, 1.807) is 18.2 Å². The highest BCUT2D eigenvalue weighted by Gasteiger charge is 2.36. The molecule has 4 rings (SSSR count). The van der Waals surface area contributed by atoms with Gasteiger partial charge in [0.25, 0.3) is 0 Å². The number of fused-ring (bicyclic) bond motifs is 2. The Morgan fingerprint density at radius 2 is 1.97 bits per heavy atom. The molecule has 0 unspecified atom stereocenters. The number of aromatic nitrogens is 1. The molecule has 0 atom stereocenters. The van der Waals surface area contributed by atoms with Gasteiger partial charge in [0.1, 0.15) is 11.6 Å². The van der Waals surface area contributed by atoms with Crippen LogP contribution in [-0.4, -0.2) is 41.6 Å². The Balaban J connectivity index is 1.59. The zero-order chi connectivity index (χ0) is 21.5. The SMILES string of the molecule is O=C(C1CCN(CC(F)(F)F)CC1)N1Cc2cc(F)cnc2Nc2ccc(Cl)cc21. The second-order valence-corrected chi connectivity index (χ2v) is 7.97. The van der Waals surface area contributed by atoms with Crippen LogP contribution in [0.25, 0.3) is 0 Å². The van der Waals surface area contributed by atoms with E-state index in [0.717, 1.165) is 6.20 Å². The first-order chi connectivity index (χ1) is 14.2. The van der Waals surface area contributed by atoms with Gasteiger partial charge in [0.05, 0.1) is 30.7 Å². The van der Waals surface area contributed by atoms with Crippen LogP contribution in [0.2, 0.25) is 5.02 Å². The number of likely N-dealkylation sites (tertiary alicyclic amines) is 1. The van der Waals surface area contributed by atoms with Crippen LogP contribution in [0, 0.1) is 11.7 Å². The lowest BCUT2D eigenvalue weighted by atomic mass is 9.94. The van der Waals surface area contributed by atoms with E-state index in [2.05, 4.69) is 10.3 Å². The van der Waals surface area contributed by atoms with E-state index in [4.69, 9.17) is 11.6 Å². The van der Waals surface area contributed by atoms with Gasteiger partial charge >= 0.3 is 6.18 Å². The summed E-state index contributed by atoms with van der Waals surface area (Å²) < 4.78 is 51.7. The van der Waals surface area contributed by atoms with Crippen molar-refractivity contribution in [1.82, 2.24) is 9.88 Å². The molecule has 1 saturated heterocycles. The van der Waals surface area contributed by atoms with Crippen molar-refractivity contribution in [2.75, 3.05) is 29.9 Å². The van der Waals surface area contributed by atoms with Crippen molar-refractivity contribution in [2.24, 2.45) is 5.92 Å². The van der Waals surface area contributed by atoms with Crippen molar-refractivity contribution < 1.29 is 22.4 Å². The summed E-state index contributed by atoms with van der Waals surface area (Å²) in [5.74, 6) is -0.726. The van der Waals surface area contributed by atoms with Gasteiger partial charge in [-0.15, -0.1) is 0 Å². The standard InChI is InChI=1S/C20H19ClF4N4O/c21-14-1-2-16-17(8-14)29(10-13-7-15(22)9-26-18(13)27-16)19(30)12-3-5-28(6-4-12)11-20(23,24)25/h1-2,7-9,12H,3-6,10-11H2,(H,26,27). The molecule has 1 fully saturated rings. The van der Waals surface area contributed by atoms with Gasteiger partial charge in [0.15, 0.2) is 0 Å². The number of rotatable bonds is 2. The summed E-state index contributed by atoms with van der Waals surface area (Å²) >= 11 is 6.15. The second-order valence-electron chi connectivity index (χ2n) is 7.54. The van der Waals surface area contributed by atoms with Crippen LogP contribution in [0.3, 0.4) is 0 Å². The number of hydrogen-bond donors (Lipinski definition) is 1. The lowest BCUT2D eigenvalue weighted by Crippen LogP contribution is -2.45. The van der Waals surface area contributed by atoms with E-state index in [9.17, 15) is 22.4 Å². The highest BCUT2D eigenvalue weighted by molar-refractivity contribution is 6.31. The summed E-state index contributed by atoms with van der Waals surface area (Å²) in [5, 5.41) is 3.54. The molecule has 2 aliphatic rings. The zero-order valence-electron chi connectivity index (χ0n) is 15.8. The molecule has 1 aromatic heterocycles. The molecule has 160 valence electrons. The predicted octanol–water partition coefficient (Wildman–Crippen LogP) is 4.74. The van der Waals surface area contributed by atoms with Gasteiger partial charge in [-0.3, -0.25) is 9.69 Å². The molecule has 1 aromatic carbocycles. The fourth-order valence-corrected chi connectivity index (χ4v) is 4.11. The van der Waals surface area contributed by atoms with Crippen LogP contribution >= 0.6 is 11.6 Å². The number of nitrogens with one attached hydrogen (secondary N) is 1. The Bertz CT molecular complexity index is 960. The second kappa shape index (κ2) is 8.03. The van der Waals surface area contributed by atoms with Gasteiger partial charge in [-0.2, -0.15) is 13.2 Å². The lowest BCUT2D eigenvalue weighted by molar-refractivity contribution is -0.149. The van der Waals surface area contributed by atoms with E-state index in [1.807, 2.05) is 0 Å². The summed E-state index contributed by atoms with van der Waals surface area (Å²) in [7, 11) is 0. The topological polar surface area (TPSA) is 48.5 Å². The normalized spacial score (nSPS) is 17.7. The van der Waals surface area contributed by atoms with Crippen LogP contribution in [0.15, 0.2) is 30.5 Å². The van der Waals surface area contributed by atoms with Gasteiger partial charge < -0.3 is 10.2 Å². The number of benzene rings is 1. The zero-order valence-corrected chi connectivity index (χ0v) is 16.6. The molecule has 10 heteroatoms. The minimum absolute atomic E-state index is 0.0854. The molecule has 0 spiro atoms. The molecular weight excluding hydrogens is 424 g/mol. The minimum Gasteiger partial charge on any atom is -0.338 e. The number of hydrogen-bond acceptors (Lipinski definition) is 4. The molecule has 0 bridgehead atoms. The van der Waals surface area contributed by atoms with Crippen molar-refractivity contribution in [1.29, 1.82) is 0 Å². The van der Waals surface area contributed by atoms with Gasteiger partial charge in [-0.1, -0.05) is 11.6 Å². The molecular formula is C20H19ClF4N4O. The number of carbonyl (C=O) groups is 1. The third-order valence-corrected chi connectivity index (χ3v) is 5.61. The predicted molar refractivity (Wildman–Crippen MR) is 105 cm³/mol. The molecule has 0 radical (unpaired) electrons. The molecule has 0 saturated carbocycles. The van der Waals surface area contributed by atoms with Crippen LogP contribution in [0.1, 0.15) is 18.4 Å². The fraction of sp³-hybridized carbons (Fsp3) is 0.400. The number of nitrogens with zero attached hydrogens (tertiary/aromatic N) is 3. The Morgan fingerprint density at radius 3 is 2.67 bits per heavy atom. The Kier molecular flexibility index (Phi) is 5.59. The van der Waals surface area contributed by atoms with Gasteiger partial charge in [0.2, 0.25) is 5.91 Å². The Hall–Kier alpha value is -2.39. The monoisotopic (exact) mass is 442 g/mol. The highest BCUT2D eigenvalue weighted by Crippen LogP contribution is 2.38. The molecule has 1 N–H and O–H groups in total. The first-order valence-corrected chi connectivity index (χ1v) is 9.89. The van der Waals surface area contributed by atoms with Gasteiger partial charge in [0, 0.05) is 16.5 Å². The first-order valence-electron chi connectivity index (χ1n) is 9.51. The van der Waals surface area contributed by atoms with Crippen LogP contribution in [-0.2, 0) is 11.3 Å². The van der Waals surface area contributed by atoms with Gasteiger partial charge in [-0.05, 0) is 50.2 Å². The summed E-state index contributed by atoms with van der Waals surface area (Å²) in [6.07, 6.45) is -2.52. The van der Waals surface area contributed by atoms with Crippen molar-refractivity contribution >= 4 is 34.7 Å². The number of anilines is 3. The minimum atomic E-state index is -4.26. The van der Waals surface area contributed by atoms with Crippen molar-refractivity contribution in [3.05, 3.63) is 46.9 Å². The van der Waals surface area contributed by atoms with E-state index in [1.165, 1.54) is 15.9 Å². The summed E-state index contributed by atoms with van der Waals surface area (Å²) in [5.41, 5.74) is 1.63. The Morgan fingerprint density at radius 1 is 1.23 bits per heavy atom. The molecule has 2 aromatic rings. The van der Waals surface area contributed by atoms with Crippen LogP contribution in [0.5, 0.6) is 0 Å².